The second-order valence-electron chi connectivity index (χ2n) is 3.25. The van der Waals surface area contributed by atoms with Crippen LogP contribution in [0.25, 0.3) is 10.9 Å². The van der Waals surface area contributed by atoms with Crippen LogP contribution in [0.1, 0.15) is 16.1 Å². The van der Waals surface area contributed by atoms with E-state index in [9.17, 15) is 4.79 Å². The number of nitrogens with one attached hydrogen (secondary N) is 1. The van der Waals surface area contributed by atoms with E-state index in [0.717, 1.165) is 16.5 Å². The SMILES string of the molecule is COC(=O)c1cc2ccc(CO)cc2[nH]1.[Na]. The monoisotopic (exact) mass is 228 g/mol. The van der Waals surface area contributed by atoms with Crippen molar-refractivity contribution in [2.24, 2.45) is 0 Å². The smallest absolute Gasteiger partial charge is 0.354 e. The molecule has 4 nitrogen and oxygen atoms in total. The summed E-state index contributed by atoms with van der Waals surface area (Å²) in [5.41, 5.74) is 2.05. The van der Waals surface area contributed by atoms with Crippen molar-refractivity contribution in [2.45, 2.75) is 6.61 Å². The number of esters is 1. The fourth-order valence-electron chi connectivity index (χ4n) is 1.49. The Kier molecular flexibility index (Phi) is 4.56. The van der Waals surface area contributed by atoms with E-state index in [1.54, 1.807) is 6.07 Å². The molecule has 0 unspecified atom stereocenters. The summed E-state index contributed by atoms with van der Waals surface area (Å²) < 4.78 is 4.60. The van der Waals surface area contributed by atoms with Crippen LogP contribution >= 0.6 is 0 Å². The molecule has 0 fully saturated rings. The first-order chi connectivity index (χ1) is 7.24. The van der Waals surface area contributed by atoms with E-state index in [1.807, 2.05) is 18.2 Å². The zero-order valence-electron chi connectivity index (χ0n) is 9.28. The maximum atomic E-state index is 11.2. The van der Waals surface area contributed by atoms with Gasteiger partial charge in [-0.2, -0.15) is 0 Å². The number of fused-ring (bicyclic) bond motifs is 1. The van der Waals surface area contributed by atoms with Crippen molar-refractivity contribution >= 4 is 46.4 Å². The minimum Gasteiger partial charge on any atom is -0.464 e. The van der Waals surface area contributed by atoms with Crippen molar-refractivity contribution < 1.29 is 14.6 Å². The van der Waals surface area contributed by atoms with Gasteiger partial charge in [-0.3, -0.25) is 0 Å². The Morgan fingerprint density at radius 3 is 2.81 bits per heavy atom. The average molecular weight is 228 g/mol. The molecule has 1 radical (unpaired) electrons. The van der Waals surface area contributed by atoms with Gasteiger partial charge in [0.25, 0.3) is 0 Å². The number of carbonyl (C=O) groups excluding carboxylic acids is 1. The number of hydrogen-bond donors (Lipinski definition) is 2. The van der Waals surface area contributed by atoms with E-state index in [1.165, 1.54) is 7.11 Å². The van der Waals surface area contributed by atoms with Gasteiger partial charge in [-0.05, 0) is 17.7 Å². The molecule has 1 heterocycles. The van der Waals surface area contributed by atoms with Gasteiger partial charge in [0.1, 0.15) is 5.69 Å². The number of H-pyrrole nitrogens is 1. The van der Waals surface area contributed by atoms with Crippen LogP contribution in [0.5, 0.6) is 0 Å². The van der Waals surface area contributed by atoms with E-state index in [-0.39, 0.29) is 36.2 Å². The average Bonchev–Trinajstić information content (AvgIpc) is 2.70. The molecule has 0 amide bonds. The molecular weight excluding hydrogens is 217 g/mol. The first-order valence-corrected chi connectivity index (χ1v) is 4.55. The molecule has 0 aliphatic heterocycles. The maximum absolute atomic E-state index is 11.2. The van der Waals surface area contributed by atoms with Crippen molar-refractivity contribution in [3.63, 3.8) is 0 Å². The van der Waals surface area contributed by atoms with Gasteiger partial charge in [-0.1, -0.05) is 12.1 Å². The van der Waals surface area contributed by atoms with Crippen molar-refractivity contribution in [1.82, 2.24) is 4.98 Å². The number of rotatable bonds is 2. The molecule has 2 rings (SSSR count). The summed E-state index contributed by atoms with van der Waals surface area (Å²) in [5, 5.41) is 9.88. The van der Waals surface area contributed by atoms with Gasteiger partial charge in [-0.15, -0.1) is 0 Å². The zero-order chi connectivity index (χ0) is 10.8. The van der Waals surface area contributed by atoms with Crippen LogP contribution in [0, 0.1) is 0 Å². The number of methoxy groups -OCH3 is 1. The molecular formula is C11H11NNaO3. The number of aromatic nitrogens is 1. The van der Waals surface area contributed by atoms with Gasteiger partial charge in [0, 0.05) is 40.5 Å². The Balaban J connectivity index is 0.00000128. The molecule has 2 aromatic rings. The molecule has 0 saturated heterocycles. The van der Waals surface area contributed by atoms with Crippen LogP contribution < -0.4 is 0 Å². The number of carbonyl (C=O) groups is 1. The minimum atomic E-state index is -0.392. The van der Waals surface area contributed by atoms with E-state index in [0.29, 0.717) is 5.69 Å². The van der Waals surface area contributed by atoms with E-state index in [2.05, 4.69) is 9.72 Å². The molecule has 0 bridgehead atoms. The third-order valence-corrected chi connectivity index (χ3v) is 2.27. The minimum absolute atomic E-state index is 0. The molecule has 1 aromatic heterocycles. The van der Waals surface area contributed by atoms with Crippen molar-refractivity contribution in [3.8, 4) is 0 Å². The summed E-state index contributed by atoms with van der Waals surface area (Å²) in [4.78, 5) is 14.2. The molecule has 0 saturated carbocycles. The third kappa shape index (κ3) is 2.47. The molecule has 0 aliphatic rings. The van der Waals surface area contributed by atoms with Gasteiger partial charge in [-0.25, -0.2) is 4.79 Å². The summed E-state index contributed by atoms with van der Waals surface area (Å²) in [7, 11) is 1.34. The van der Waals surface area contributed by atoms with Crippen LogP contribution in [0.3, 0.4) is 0 Å². The Bertz CT molecular complexity index is 507. The maximum Gasteiger partial charge on any atom is 0.354 e. The Labute approximate surface area is 115 Å². The van der Waals surface area contributed by atoms with Crippen LogP contribution in [0.4, 0.5) is 0 Å². The second kappa shape index (κ2) is 5.50. The summed E-state index contributed by atoms with van der Waals surface area (Å²) >= 11 is 0. The van der Waals surface area contributed by atoms with Crippen LogP contribution in [0.2, 0.25) is 0 Å². The molecule has 1 aromatic carbocycles. The molecule has 16 heavy (non-hydrogen) atoms. The Hall–Kier alpha value is -0.810. The summed E-state index contributed by atoms with van der Waals surface area (Å²) in [5.74, 6) is -0.392. The van der Waals surface area contributed by atoms with Gasteiger partial charge in [0.2, 0.25) is 0 Å². The summed E-state index contributed by atoms with van der Waals surface area (Å²) in [6, 6.07) is 7.20. The van der Waals surface area contributed by atoms with E-state index in [4.69, 9.17) is 5.11 Å². The zero-order valence-corrected chi connectivity index (χ0v) is 11.3. The molecule has 5 heteroatoms. The predicted molar refractivity (Wildman–Crippen MR) is 61.3 cm³/mol. The molecule has 0 atom stereocenters. The standard InChI is InChI=1S/C11H11NO3.Na/c1-15-11(14)10-5-8-3-2-7(6-13)4-9(8)12-10;/h2-5,12-13H,6H2,1H3;. The van der Waals surface area contributed by atoms with E-state index < -0.39 is 5.97 Å². The van der Waals surface area contributed by atoms with Gasteiger partial charge in [0.05, 0.1) is 13.7 Å². The van der Waals surface area contributed by atoms with Crippen LogP contribution in [-0.4, -0.2) is 52.7 Å². The largest absolute Gasteiger partial charge is 0.464 e. The van der Waals surface area contributed by atoms with Crippen LogP contribution in [-0.2, 0) is 11.3 Å². The first kappa shape index (κ1) is 13.3. The van der Waals surface area contributed by atoms with Crippen molar-refractivity contribution in [2.75, 3.05) is 7.11 Å². The number of aliphatic hydroxyl groups is 1. The van der Waals surface area contributed by atoms with Crippen molar-refractivity contribution in [3.05, 3.63) is 35.5 Å². The van der Waals surface area contributed by atoms with Gasteiger partial charge >= 0.3 is 5.97 Å². The quantitative estimate of drug-likeness (QED) is 0.597. The number of aliphatic hydroxyl groups excluding tert-OH is 1. The number of aromatic amines is 1. The van der Waals surface area contributed by atoms with E-state index >= 15 is 0 Å². The van der Waals surface area contributed by atoms with Gasteiger partial charge in [0.15, 0.2) is 0 Å². The molecule has 2 N–H and O–H groups in total. The molecule has 0 spiro atoms. The fraction of sp³-hybridized carbons (Fsp3) is 0.182. The molecule has 0 aliphatic carbocycles. The fourth-order valence-corrected chi connectivity index (χ4v) is 1.49. The Morgan fingerprint density at radius 2 is 2.19 bits per heavy atom. The topological polar surface area (TPSA) is 62.3 Å². The first-order valence-electron chi connectivity index (χ1n) is 4.55. The van der Waals surface area contributed by atoms with Crippen molar-refractivity contribution in [1.29, 1.82) is 0 Å². The summed E-state index contributed by atoms with van der Waals surface area (Å²) in [6.07, 6.45) is 0. The second-order valence-corrected chi connectivity index (χ2v) is 3.25. The van der Waals surface area contributed by atoms with Gasteiger partial charge < -0.3 is 14.8 Å². The predicted octanol–water partition coefficient (Wildman–Crippen LogP) is 1.07. The number of hydrogen-bond acceptors (Lipinski definition) is 3. The normalized spacial score (nSPS) is 9.88. The Morgan fingerprint density at radius 1 is 1.44 bits per heavy atom. The van der Waals surface area contributed by atoms with Crippen LogP contribution in [0.15, 0.2) is 24.3 Å². The number of benzene rings is 1. The third-order valence-electron chi connectivity index (χ3n) is 2.27. The molecule has 79 valence electrons. The number of ether oxygens (including phenoxy) is 1. The summed E-state index contributed by atoms with van der Waals surface area (Å²) in [6.45, 7) is -0.0114.